The molecule has 1 rings (SSSR count). The Labute approximate surface area is 80.9 Å². The summed E-state index contributed by atoms with van der Waals surface area (Å²) in [6.07, 6.45) is 0. The third kappa shape index (κ3) is 8.06. The van der Waals surface area contributed by atoms with Gasteiger partial charge in [-0.2, -0.15) is 17.7 Å². The fraction of sp³-hybridized carbons (Fsp3) is 0.111. The van der Waals surface area contributed by atoms with E-state index in [4.69, 9.17) is 0 Å². The standard InChI is InChI=1S/C6H7.3CH3.Ti/c1-6-4-2-3-5-6;;;;/h2-5H,1H3;3*1H3;/q4*-1;+4. The van der Waals surface area contributed by atoms with Gasteiger partial charge < -0.3 is 22.3 Å². The largest absolute Gasteiger partial charge is 4.00 e. The van der Waals surface area contributed by atoms with Crippen LogP contribution >= 0.6 is 0 Å². The molecule has 0 atom stereocenters. The van der Waals surface area contributed by atoms with Gasteiger partial charge in [-0.25, -0.2) is 12.1 Å². The van der Waals surface area contributed by atoms with E-state index >= 15 is 0 Å². The van der Waals surface area contributed by atoms with Crippen molar-refractivity contribution >= 4 is 0 Å². The van der Waals surface area contributed by atoms with Gasteiger partial charge in [-0.1, -0.05) is 6.92 Å². The molecule has 0 nitrogen and oxygen atoms in total. The summed E-state index contributed by atoms with van der Waals surface area (Å²) in [7, 11) is 0. The van der Waals surface area contributed by atoms with Gasteiger partial charge in [0.15, 0.2) is 0 Å². The second-order valence-corrected chi connectivity index (χ2v) is 1.46. The van der Waals surface area contributed by atoms with Crippen LogP contribution in [0, 0.1) is 29.2 Å². The van der Waals surface area contributed by atoms with E-state index in [2.05, 4.69) is 19.1 Å². The van der Waals surface area contributed by atoms with Gasteiger partial charge in [0, 0.05) is 0 Å². The number of aryl methyl sites for hydroxylation is 1. The van der Waals surface area contributed by atoms with E-state index in [9.17, 15) is 0 Å². The minimum Gasteiger partial charge on any atom is -0.358 e. The van der Waals surface area contributed by atoms with Crippen molar-refractivity contribution in [3.8, 4) is 0 Å². The van der Waals surface area contributed by atoms with E-state index in [-0.39, 0.29) is 44.0 Å². The van der Waals surface area contributed by atoms with Gasteiger partial charge in [-0.05, 0) is 0 Å². The van der Waals surface area contributed by atoms with Crippen molar-refractivity contribution in [3.63, 3.8) is 0 Å². The van der Waals surface area contributed by atoms with Crippen LogP contribution in [0.3, 0.4) is 0 Å². The van der Waals surface area contributed by atoms with Crippen LogP contribution in [0.25, 0.3) is 0 Å². The zero-order valence-corrected chi connectivity index (χ0v) is 8.87. The van der Waals surface area contributed by atoms with Gasteiger partial charge in [0.1, 0.15) is 0 Å². The second kappa shape index (κ2) is 11.8. The average Bonchev–Trinajstić information content (AvgIpc) is 1.86. The maximum absolute atomic E-state index is 2.08. The maximum Gasteiger partial charge on any atom is 4.00 e. The van der Waals surface area contributed by atoms with E-state index in [1.807, 2.05) is 12.1 Å². The Balaban J connectivity index is -0.0000000450. The fourth-order valence-corrected chi connectivity index (χ4v) is 0.470. The van der Waals surface area contributed by atoms with Crippen LogP contribution in [0.2, 0.25) is 0 Å². The second-order valence-electron chi connectivity index (χ2n) is 1.46. The molecule has 0 bridgehead atoms. The Kier molecular flexibility index (Phi) is 26.6. The van der Waals surface area contributed by atoms with E-state index in [1.165, 1.54) is 5.56 Å². The molecule has 0 saturated carbocycles. The summed E-state index contributed by atoms with van der Waals surface area (Å²) < 4.78 is 0. The predicted octanol–water partition coefficient (Wildman–Crippen LogP) is 3.06. The van der Waals surface area contributed by atoms with Crippen LogP contribution < -0.4 is 0 Å². The van der Waals surface area contributed by atoms with Crippen LogP contribution in [0.4, 0.5) is 0 Å². The topological polar surface area (TPSA) is 0 Å². The van der Waals surface area contributed by atoms with Gasteiger partial charge in [0.05, 0.1) is 0 Å². The van der Waals surface area contributed by atoms with Crippen molar-refractivity contribution in [2.24, 2.45) is 0 Å². The molecule has 0 N–H and O–H groups in total. The first-order valence-electron chi connectivity index (χ1n) is 2.08. The van der Waals surface area contributed by atoms with Crippen LogP contribution in [0.15, 0.2) is 24.3 Å². The fourth-order valence-electron chi connectivity index (χ4n) is 0.470. The molecule has 0 heterocycles. The summed E-state index contributed by atoms with van der Waals surface area (Å²) in [6.45, 7) is 2.08. The zero-order valence-electron chi connectivity index (χ0n) is 7.31. The average molecular weight is 172 g/mol. The summed E-state index contributed by atoms with van der Waals surface area (Å²) >= 11 is 0. The normalized spacial score (nSPS) is 5.30. The molecule has 56 valence electrons. The van der Waals surface area contributed by atoms with Gasteiger partial charge in [0.25, 0.3) is 0 Å². The minimum atomic E-state index is 0. The molecule has 0 aliphatic carbocycles. The van der Waals surface area contributed by atoms with Crippen LogP contribution in [-0.2, 0) is 21.7 Å². The van der Waals surface area contributed by atoms with Crippen molar-refractivity contribution in [1.82, 2.24) is 0 Å². The van der Waals surface area contributed by atoms with Crippen molar-refractivity contribution in [3.05, 3.63) is 52.1 Å². The van der Waals surface area contributed by atoms with E-state index in [1.54, 1.807) is 0 Å². The molecule has 0 aliphatic rings. The molecule has 0 aromatic heterocycles. The summed E-state index contributed by atoms with van der Waals surface area (Å²) in [5.41, 5.74) is 1.34. The third-order valence-corrected chi connectivity index (χ3v) is 0.829. The molecule has 1 aromatic rings. The molecule has 1 heteroatoms. The molecule has 0 fully saturated rings. The Morgan fingerprint density at radius 2 is 1.20 bits per heavy atom. The van der Waals surface area contributed by atoms with Crippen molar-refractivity contribution in [2.75, 3.05) is 0 Å². The van der Waals surface area contributed by atoms with Crippen molar-refractivity contribution in [1.29, 1.82) is 0 Å². The smallest absolute Gasteiger partial charge is 0.358 e. The molecule has 0 radical (unpaired) electrons. The summed E-state index contributed by atoms with van der Waals surface area (Å²) in [5, 5.41) is 0. The Hall–Kier alpha value is 0.0643. The quantitative estimate of drug-likeness (QED) is 0.416. The Bertz CT molecular complexity index is 108. The monoisotopic (exact) mass is 172 g/mol. The van der Waals surface area contributed by atoms with Crippen LogP contribution in [-0.4, -0.2) is 0 Å². The van der Waals surface area contributed by atoms with E-state index < -0.39 is 0 Å². The first-order chi connectivity index (χ1) is 2.89. The van der Waals surface area contributed by atoms with Crippen LogP contribution in [0.1, 0.15) is 5.56 Å². The molecular weight excluding hydrogens is 156 g/mol. The predicted molar refractivity (Wildman–Crippen MR) is 46.0 cm³/mol. The maximum atomic E-state index is 2.08. The van der Waals surface area contributed by atoms with E-state index in [0.717, 1.165) is 0 Å². The summed E-state index contributed by atoms with van der Waals surface area (Å²) in [5.74, 6) is 0. The van der Waals surface area contributed by atoms with Crippen LogP contribution in [0.5, 0.6) is 0 Å². The van der Waals surface area contributed by atoms with Crippen molar-refractivity contribution < 1.29 is 21.7 Å². The Morgan fingerprint density at radius 3 is 1.30 bits per heavy atom. The summed E-state index contributed by atoms with van der Waals surface area (Å²) in [4.78, 5) is 0. The molecule has 1 aromatic carbocycles. The first-order valence-corrected chi connectivity index (χ1v) is 2.08. The zero-order chi connectivity index (χ0) is 4.41. The number of hydrogen-bond donors (Lipinski definition) is 0. The van der Waals surface area contributed by atoms with E-state index in [0.29, 0.717) is 0 Å². The van der Waals surface area contributed by atoms with Gasteiger partial charge in [-0.15, -0.1) is 0 Å². The van der Waals surface area contributed by atoms with Gasteiger partial charge in [0.2, 0.25) is 0 Å². The molecule has 0 saturated heterocycles. The van der Waals surface area contributed by atoms with Crippen molar-refractivity contribution in [2.45, 2.75) is 6.92 Å². The number of hydrogen-bond acceptors (Lipinski definition) is 0. The molecule has 0 amide bonds. The molecule has 0 aliphatic heterocycles. The molecular formula is C9H16Ti. The minimum absolute atomic E-state index is 0. The molecule has 10 heavy (non-hydrogen) atoms. The SMILES string of the molecule is C[c-]1cccc1.[CH3-].[CH3-].[CH3-].[Ti+4]. The third-order valence-electron chi connectivity index (χ3n) is 0.829. The summed E-state index contributed by atoms with van der Waals surface area (Å²) in [6, 6.07) is 8.24. The first kappa shape index (κ1) is 22.5. The van der Waals surface area contributed by atoms with Gasteiger partial charge in [-0.3, -0.25) is 0 Å². The number of rotatable bonds is 0. The molecule has 0 unspecified atom stereocenters. The molecule has 0 spiro atoms. The van der Waals surface area contributed by atoms with Gasteiger partial charge >= 0.3 is 21.7 Å². The Morgan fingerprint density at radius 1 is 0.900 bits per heavy atom.